The summed E-state index contributed by atoms with van der Waals surface area (Å²) in [5.41, 5.74) is 0.831. The number of aliphatic hydroxyl groups is 1. The molecule has 0 radical (unpaired) electrons. The van der Waals surface area contributed by atoms with E-state index in [1.807, 2.05) is 36.4 Å². The van der Waals surface area contributed by atoms with Crippen LogP contribution in [0, 0.1) is 5.82 Å². The molecule has 3 heteroatoms. The third-order valence-corrected chi connectivity index (χ3v) is 3.66. The van der Waals surface area contributed by atoms with Crippen molar-refractivity contribution in [2.24, 2.45) is 0 Å². The van der Waals surface area contributed by atoms with E-state index in [1.54, 1.807) is 18.2 Å². The topological polar surface area (TPSA) is 20.2 Å². The van der Waals surface area contributed by atoms with Crippen LogP contribution in [0.2, 0.25) is 5.02 Å². The van der Waals surface area contributed by atoms with Gasteiger partial charge in [0.2, 0.25) is 0 Å². The van der Waals surface area contributed by atoms with Crippen molar-refractivity contribution in [3.8, 4) is 0 Å². The van der Waals surface area contributed by atoms with Gasteiger partial charge in [-0.3, -0.25) is 0 Å². The zero-order valence-corrected chi connectivity index (χ0v) is 11.3. The maximum Gasteiger partial charge on any atom is 0.147 e. The molecule has 3 aromatic carbocycles. The minimum atomic E-state index is -1.03. The Kier molecular flexibility index (Phi) is 3.43. The van der Waals surface area contributed by atoms with Crippen LogP contribution >= 0.6 is 11.6 Å². The Morgan fingerprint density at radius 1 is 0.900 bits per heavy atom. The molecule has 20 heavy (non-hydrogen) atoms. The Hall–Kier alpha value is -1.90. The van der Waals surface area contributed by atoms with E-state index in [2.05, 4.69) is 0 Å². The molecule has 0 saturated heterocycles. The van der Waals surface area contributed by atoms with Crippen molar-refractivity contribution in [1.82, 2.24) is 0 Å². The van der Waals surface area contributed by atoms with Gasteiger partial charge in [-0.05, 0) is 28.5 Å². The standard InChI is InChI=1S/C17H12ClFO/c18-15-7-3-6-14(16(15)19)17(20)13-9-8-11-4-1-2-5-12(11)10-13/h1-10,17,20H. The zero-order chi connectivity index (χ0) is 14.1. The molecule has 1 N–H and O–H groups in total. The number of halogens is 2. The molecule has 0 saturated carbocycles. The van der Waals surface area contributed by atoms with Crippen LogP contribution in [0.15, 0.2) is 60.7 Å². The highest BCUT2D eigenvalue weighted by molar-refractivity contribution is 6.30. The van der Waals surface area contributed by atoms with Crippen molar-refractivity contribution in [2.75, 3.05) is 0 Å². The van der Waals surface area contributed by atoms with Crippen LogP contribution in [0.4, 0.5) is 4.39 Å². The smallest absolute Gasteiger partial charge is 0.147 e. The van der Waals surface area contributed by atoms with Crippen LogP contribution < -0.4 is 0 Å². The van der Waals surface area contributed by atoms with Gasteiger partial charge in [-0.2, -0.15) is 0 Å². The van der Waals surface area contributed by atoms with Gasteiger partial charge >= 0.3 is 0 Å². The number of benzene rings is 3. The number of rotatable bonds is 2. The van der Waals surface area contributed by atoms with Crippen LogP contribution in [0.5, 0.6) is 0 Å². The van der Waals surface area contributed by atoms with Crippen LogP contribution in [0.3, 0.4) is 0 Å². The highest BCUT2D eigenvalue weighted by Crippen LogP contribution is 2.29. The second-order valence-corrected chi connectivity index (χ2v) is 5.06. The van der Waals surface area contributed by atoms with Gasteiger partial charge in [0.15, 0.2) is 0 Å². The van der Waals surface area contributed by atoms with E-state index in [1.165, 1.54) is 6.07 Å². The van der Waals surface area contributed by atoms with Gasteiger partial charge in [0.05, 0.1) is 5.02 Å². The molecule has 0 aliphatic carbocycles. The van der Waals surface area contributed by atoms with E-state index >= 15 is 0 Å². The first-order valence-electron chi connectivity index (χ1n) is 6.27. The summed E-state index contributed by atoms with van der Waals surface area (Å²) in [5.74, 6) is -0.574. The monoisotopic (exact) mass is 286 g/mol. The van der Waals surface area contributed by atoms with Gasteiger partial charge < -0.3 is 5.11 Å². The predicted molar refractivity (Wildman–Crippen MR) is 79.4 cm³/mol. The van der Waals surface area contributed by atoms with Crippen molar-refractivity contribution < 1.29 is 9.50 Å². The average Bonchev–Trinajstić information content (AvgIpc) is 2.49. The predicted octanol–water partition coefficient (Wildman–Crippen LogP) is 4.71. The molecule has 3 rings (SSSR count). The fourth-order valence-electron chi connectivity index (χ4n) is 2.29. The quantitative estimate of drug-likeness (QED) is 0.723. The third-order valence-electron chi connectivity index (χ3n) is 3.37. The number of hydrogen-bond donors (Lipinski definition) is 1. The molecule has 0 aromatic heterocycles. The lowest BCUT2D eigenvalue weighted by Gasteiger charge is -2.14. The van der Waals surface area contributed by atoms with Crippen molar-refractivity contribution >= 4 is 22.4 Å². The maximum atomic E-state index is 14.0. The first kappa shape index (κ1) is 13.1. The largest absolute Gasteiger partial charge is 0.384 e. The van der Waals surface area contributed by atoms with Crippen LogP contribution in [0.1, 0.15) is 17.2 Å². The third kappa shape index (κ3) is 2.28. The van der Waals surface area contributed by atoms with Crippen molar-refractivity contribution in [3.63, 3.8) is 0 Å². The summed E-state index contributed by atoms with van der Waals surface area (Å²) < 4.78 is 14.0. The van der Waals surface area contributed by atoms with Gasteiger partial charge in [-0.25, -0.2) is 4.39 Å². The summed E-state index contributed by atoms with van der Waals surface area (Å²) in [6.07, 6.45) is -1.03. The second kappa shape index (κ2) is 5.23. The fraction of sp³-hybridized carbons (Fsp3) is 0.0588. The molecule has 1 unspecified atom stereocenters. The Morgan fingerprint density at radius 2 is 1.65 bits per heavy atom. The molecule has 1 nitrogen and oxygen atoms in total. The molecule has 0 aliphatic heterocycles. The van der Waals surface area contributed by atoms with E-state index in [-0.39, 0.29) is 10.6 Å². The Morgan fingerprint density at radius 3 is 2.45 bits per heavy atom. The lowest BCUT2D eigenvalue weighted by molar-refractivity contribution is 0.215. The number of fused-ring (bicyclic) bond motifs is 1. The van der Waals surface area contributed by atoms with Crippen LogP contribution in [-0.2, 0) is 0 Å². The van der Waals surface area contributed by atoms with Gasteiger partial charge in [0, 0.05) is 5.56 Å². The van der Waals surface area contributed by atoms with Gasteiger partial charge in [0.25, 0.3) is 0 Å². The van der Waals surface area contributed by atoms with Gasteiger partial charge in [-0.1, -0.05) is 60.1 Å². The molecule has 0 aliphatic rings. The van der Waals surface area contributed by atoms with Gasteiger partial charge in [0.1, 0.15) is 11.9 Å². The summed E-state index contributed by atoms with van der Waals surface area (Å²) >= 11 is 5.75. The Bertz CT molecular complexity index is 770. The fourth-order valence-corrected chi connectivity index (χ4v) is 2.47. The molecule has 0 fully saturated rings. The molecular weight excluding hydrogens is 275 g/mol. The first-order valence-corrected chi connectivity index (χ1v) is 6.65. The molecular formula is C17H12ClFO. The van der Waals surface area contributed by atoms with E-state index in [0.717, 1.165) is 10.8 Å². The van der Waals surface area contributed by atoms with Crippen LogP contribution in [-0.4, -0.2) is 5.11 Å². The lowest BCUT2D eigenvalue weighted by Crippen LogP contribution is -2.02. The maximum absolute atomic E-state index is 14.0. The molecule has 1 atom stereocenters. The van der Waals surface area contributed by atoms with E-state index < -0.39 is 11.9 Å². The van der Waals surface area contributed by atoms with Gasteiger partial charge in [-0.15, -0.1) is 0 Å². The normalized spacial score (nSPS) is 12.6. The summed E-state index contributed by atoms with van der Waals surface area (Å²) in [6.45, 7) is 0. The highest BCUT2D eigenvalue weighted by atomic mass is 35.5. The Labute approximate surface area is 121 Å². The minimum absolute atomic E-state index is 0.0161. The molecule has 0 heterocycles. The molecule has 3 aromatic rings. The molecule has 100 valence electrons. The average molecular weight is 287 g/mol. The van der Waals surface area contributed by atoms with E-state index in [4.69, 9.17) is 11.6 Å². The Balaban J connectivity index is 2.08. The summed E-state index contributed by atoms with van der Waals surface area (Å²) in [5, 5.41) is 12.5. The number of hydrogen-bond acceptors (Lipinski definition) is 1. The molecule has 0 spiro atoms. The van der Waals surface area contributed by atoms with E-state index in [0.29, 0.717) is 5.56 Å². The summed E-state index contributed by atoms with van der Waals surface area (Å²) in [6, 6.07) is 18.0. The van der Waals surface area contributed by atoms with E-state index in [9.17, 15) is 9.50 Å². The summed E-state index contributed by atoms with van der Waals surface area (Å²) in [7, 11) is 0. The molecule has 0 bridgehead atoms. The SMILES string of the molecule is OC(c1ccc2ccccc2c1)c1cccc(Cl)c1F. The van der Waals surface area contributed by atoms with Crippen molar-refractivity contribution in [2.45, 2.75) is 6.10 Å². The van der Waals surface area contributed by atoms with Crippen LogP contribution in [0.25, 0.3) is 10.8 Å². The van der Waals surface area contributed by atoms with Crippen molar-refractivity contribution in [3.05, 3.63) is 82.6 Å². The zero-order valence-electron chi connectivity index (χ0n) is 10.6. The minimum Gasteiger partial charge on any atom is -0.384 e. The summed E-state index contributed by atoms with van der Waals surface area (Å²) in [4.78, 5) is 0. The van der Waals surface area contributed by atoms with Crippen molar-refractivity contribution in [1.29, 1.82) is 0 Å². The second-order valence-electron chi connectivity index (χ2n) is 4.65. The lowest BCUT2D eigenvalue weighted by atomic mass is 9.98. The molecule has 0 amide bonds. The first-order chi connectivity index (χ1) is 9.66. The number of aliphatic hydroxyl groups excluding tert-OH is 1. The highest BCUT2D eigenvalue weighted by Gasteiger charge is 2.17.